The second kappa shape index (κ2) is 7.42. The van der Waals surface area contributed by atoms with Crippen LogP contribution in [0.3, 0.4) is 0 Å². The molecule has 2 aromatic carbocycles. The van der Waals surface area contributed by atoms with Crippen molar-refractivity contribution in [3.05, 3.63) is 100.0 Å². The highest BCUT2D eigenvalue weighted by molar-refractivity contribution is 6.30. The third kappa shape index (κ3) is 3.54. The van der Waals surface area contributed by atoms with Crippen molar-refractivity contribution in [1.29, 1.82) is 0 Å². The lowest BCUT2D eigenvalue weighted by molar-refractivity contribution is 0.798. The lowest BCUT2D eigenvalue weighted by Gasteiger charge is -2.10. The van der Waals surface area contributed by atoms with Gasteiger partial charge in [-0.1, -0.05) is 60.1 Å². The number of fused-ring (bicyclic) bond motifs is 1. The fourth-order valence-electron chi connectivity index (χ4n) is 3.45. The summed E-state index contributed by atoms with van der Waals surface area (Å²) in [5.41, 5.74) is 7.12. The van der Waals surface area contributed by atoms with E-state index in [4.69, 9.17) is 11.6 Å². The van der Waals surface area contributed by atoms with Crippen molar-refractivity contribution in [2.45, 2.75) is 20.4 Å². The average Bonchev–Trinajstić information content (AvgIpc) is 2.94. The van der Waals surface area contributed by atoms with E-state index in [1.807, 2.05) is 36.5 Å². The van der Waals surface area contributed by atoms with E-state index < -0.39 is 0 Å². The second-order valence-electron chi connectivity index (χ2n) is 6.76. The summed E-state index contributed by atoms with van der Waals surface area (Å²) < 4.78 is 2.35. The zero-order valence-corrected chi connectivity index (χ0v) is 16.2. The van der Waals surface area contributed by atoms with Gasteiger partial charge < -0.3 is 4.57 Å². The average molecular weight is 373 g/mol. The molecule has 0 saturated carbocycles. The maximum Gasteiger partial charge on any atom is 0.0873 e. The Morgan fingerprint density at radius 2 is 1.67 bits per heavy atom. The topological polar surface area (TPSA) is 17.8 Å². The molecule has 134 valence electrons. The van der Waals surface area contributed by atoms with Gasteiger partial charge in [0.2, 0.25) is 0 Å². The number of hydrogen-bond acceptors (Lipinski definition) is 1. The van der Waals surface area contributed by atoms with Gasteiger partial charge in [0.05, 0.1) is 11.2 Å². The van der Waals surface area contributed by atoms with Crippen LogP contribution in [0.5, 0.6) is 0 Å². The van der Waals surface area contributed by atoms with Crippen molar-refractivity contribution >= 4 is 34.7 Å². The Kier molecular flexibility index (Phi) is 4.83. The molecular formula is C24H21ClN2. The van der Waals surface area contributed by atoms with Crippen LogP contribution in [-0.4, -0.2) is 9.55 Å². The Labute approximate surface area is 164 Å². The van der Waals surface area contributed by atoms with E-state index in [0.717, 1.165) is 17.3 Å². The molecule has 0 saturated heterocycles. The second-order valence-corrected chi connectivity index (χ2v) is 7.20. The Bertz CT molecular complexity index is 1110. The molecule has 4 rings (SSSR count). The molecule has 3 heteroatoms. The lowest BCUT2D eigenvalue weighted by Crippen LogP contribution is -2.03. The third-order valence-electron chi connectivity index (χ3n) is 5.06. The van der Waals surface area contributed by atoms with Crippen LogP contribution < -0.4 is 0 Å². The van der Waals surface area contributed by atoms with Gasteiger partial charge in [0.15, 0.2) is 0 Å². The SMILES string of the molecule is Cc1c(C)n(Cc2ccc(Cl)cc2)c2c(C=Cc3ccccc3)nccc12. The number of hydrogen-bond donors (Lipinski definition) is 0. The molecular weight excluding hydrogens is 352 g/mol. The van der Waals surface area contributed by atoms with Crippen molar-refractivity contribution in [2.24, 2.45) is 0 Å². The molecule has 0 fully saturated rings. The van der Waals surface area contributed by atoms with Crippen LogP contribution in [0.4, 0.5) is 0 Å². The molecule has 2 nitrogen and oxygen atoms in total. The Morgan fingerprint density at radius 1 is 0.926 bits per heavy atom. The van der Waals surface area contributed by atoms with Gasteiger partial charge in [0, 0.05) is 28.8 Å². The minimum absolute atomic E-state index is 0.761. The highest BCUT2D eigenvalue weighted by atomic mass is 35.5. The maximum atomic E-state index is 6.04. The van der Waals surface area contributed by atoms with Gasteiger partial charge in [-0.05, 0) is 54.8 Å². The van der Waals surface area contributed by atoms with Gasteiger partial charge in [-0.15, -0.1) is 0 Å². The number of pyridine rings is 1. The van der Waals surface area contributed by atoms with Crippen LogP contribution in [0.2, 0.25) is 5.02 Å². The van der Waals surface area contributed by atoms with Crippen LogP contribution in [0.25, 0.3) is 23.1 Å². The number of aryl methyl sites for hydroxylation is 1. The van der Waals surface area contributed by atoms with E-state index in [0.29, 0.717) is 0 Å². The van der Waals surface area contributed by atoms with E-state index in [1.165, 1.54) is 33.3 Å². The van der Waals surface area contributed by atoms with Gasteiger partial charge in [0.25, 0.3) is 0 Å². The van der Waals surface area contributed by atoms with Crippen molar-refractivity contribution in [2.75, 3.05) is 0 Å². The fourth-order valence-corrected chi connectivity index (χ4v) is 3.58. The molecule has 0 spiro atoms. The third-order valence-corrected chi connectivity index (χ3v) is 5.31. The highest BCUT2D eigenvalue weighted by Crippen LogP contribution is 2.29. The first-order valence-corrected chi connectivity index (χ1v) is 9.43. The summed E-state index contributed by atoms with van der Waals surface area (Å²) in [4.78, 5) is 4.66. The van der Waals surface area contributed by atoms with Gasteiger partial charge in [-0.2, -0.15) is 0 Å². The first kappa shape index (κ1) is 17.6. The van der Waals surface area contributed by atoms with Gasteiger partial charge in [-0.25, -0.2) is 0 Å². The Hall–Kier alpha value is -2.84. The van der Waals surface area contributed by atoms with Crippen molar-refractivity contribution in [3.63, 3.8) is 0 Å². The zero-order chi connectivity index (χ0) is 18.8. The molecule has 0 N–H and O–H groups in total. The summed E-state index contributed by atoms with van der Waals surface area (Å²) in [6.45, 7) is 5.15. The van der Waals surface area contributed by atoms with Crippen LogP contribution in [0.15, 0.2) is 66.9 Å². The summed E-state index contributed by atoms with van der Waals surface area (Å²) >= 11 is 6.04. The van der Waals surface area contributed by atoms with E-state index in [2.05, 4.69) is 65.9 Å². The summed E-state index contributed by atoms with van der Waals surface area (Å²) in [5.74, 6) is 0. The van der Waals surface area contributed by atoms with Gasteiger partial charge in [-0.3, -0.25) is 4.98 Å². The molecule has 0 aliphatic rings. The molecule has 0 aliphatic carbocycles. The molecule has 0 unspecified atom stereocenters. The van der Waals surface area contributed by atoms with Crippen molar-refractivity contribution in [1.82, 2.24) is 9.55 Å². The van der Waals surface area contributed by atoms with E-state index >= 15 is 0 Å². The summed E-state index contributed by atoms with van der Waals surface area (Å²) in [5, 5.41) is 2.02. The van der Waals surface area contributed by atoms with E-state index in [-0.39, 0.29) is 0 Å². The molecule has 2 aromatic heterocycles. The molecule has 27 heavy (non-hydrogen) atoms. The largest absolute Gasteiger partial charge is 0.338 e. The first-order chi connectivity index (χ1) is 13.1. The Balaban J connectivity index is 1.82. The quantitative estimate of drug-likeness (QED) is 0.398. The first-order valence-electron chi connectivity index (χ1n) is 9.05. The summed E-state index contributed by atoms with van der Waals surface area (Å²) in [7, 11) is 0. The highest BCUT2D eigenvalue weighted by Gasteiger charge is 2.14. The molecule has 0 atom stereocenters. The van der Waals surface area contributed by atoms with Gasteiger partial charge >= 0.3 is 0 Å². The minimum atomic E-state index is 0.761. The zero-order valence-electron chi connectivity index (χ0n) is 15.5. The molecule has 0 radical (unpaired) electrons. The van der Waals surface area contributed by atoms with Crippen LogP contribution >= 0.6 is 11.6 Å². The predicted molar refractivity (Wildman–Crippen MR) is 115 cm³/mol. The van der Waals surface area contributed by atoms with Crippen LogP contribution in [0.1, 0.15) is 28.1 Å². The standard InChI is InChI=1S/C24H21ClN2/c1-17-18(2)27(16-20-8-11-21(25)12-9-20)24-22(17)14-15-26-23(24)13-10-19-6-4-3-5-7-19/h3-15H,16H2,1-2H3. The number of aromatic nitrogens is 2. The Morgan fingerprint density at radius 3 is 2.41 bits per heavy atom. The molecule has 0 amide bonds. The van der Waals surface area contributed by atoms with Gasteiger partial charge in [0.1, 0.15) is 0 Å². The predicted octanol–water partition coefficient (Wildman–Crippen LogP) is 6.53. The molecule has 0 bridgehead atoms. The smallest absolute Gasteiger partial charge is 0.0873 e. The normalized spacial score (nSPS) is 11.5. The number of rotatable bonds is 4. The number of nitrogens with zero attached hydrogens (tertiary/aromatic N) is 2. The van der Waals surface area contributed by atoms with Crippen molar-refractivity contribution < 1.29 is 0 Å². The maximum absolute atomic E-state index is 6.04. The van der Waals surface area contributed by atoms with Crippen LogP contribution in [0, 0.1) is 13.8 Å². The van der Waals surface area contributed by atoms with Crippen LogP contribution in [-0.2, 0) is 6.54 Å². The summed E-state index contributed by atoms with van der Waals surface area (Å²) in [6, 6.07) is 20.5. The number of halogens is 1. The van der Waals surface area contributed by atoms with E-state index in [1.54, 1.807) is 0 Å². The minimum Gasteiger partial charge on any atom is -0.338 e. The fraction of sp³-hybridized carbons (Fsp3) is 0.125. The van der Waals surface area contributed by atoms with Crippen molar-refractivity contribution in [3.8, 4) is 0 Å². The van der Waals surface area contributed by atoms with E-state index in [9.17, 15) is 0 Å². The lowest BCUT2D eigenvalue weighted by atomic mass is 10.1. The number of benzene rings is 2. The monoisotopic (exact) mass is 372 g/mol. The summed E-state index contributed by atoms with van der Waals surface area (Å²) in [6.07, 6.45) is 6.12. The molecule has 2 heterocycles. The molecule has 0 aliphatic heterocycles. The molecule has 4 aromatic rings.